The number of carbonyl (C=O) groups excluding carboxylic acids is 1. The van der Waals surface area contributed by atoms with Crippen molar-refractivity contribution in [1.29, 1.82) is 0 Å². The van der Waals surface area contributed by atoms with Gasteiger partial charge in [0.1, 0.15) is 5.82 Å². The Bertz CT molecular complexity index is 1050. The summed E-state index contributed by atoms with van der Waals surface area (Å²) in [5.74, 6) is 0.0285. The molecule has 0 atom stereocenters. The number of amides is 1. The van der Waals surface area contributed by atoms with Gasteiger partial charge in [-0.05, 0) is 49.7 Å². The molecule has 0 unspecified atom stereocenters. The number of halogens is 2. The molecule has 1 amide bonds. The monoisotopic (exact) mass is 484 g/mol. The molecule has 0 saturated carbocycles. The SMILES string of the molecule is CCCOc1c(Cl)cc(C(=O)N2CCN(S(=O)(=O)c3ccc(F)cc3)CC2)cc1OCC. The van der Waals surface area contributed by atoms with E-state index in [1.165, 1.54) is 16.4 Å². The Morgan fingerprint density at radius 1 is 1.06 bits per heavy atom. The van der Waals surface area contributed by atoms with E-state index in [1.807, 2.05) is 13.8 Å². The number of carbonyl (C=O) groups is 1. The molecule has 32 heavy (non-hydrogen) atoms. The summed E-state index contributed by atoms with van der Waals surface area (Å²) in [6.07, 6.45) is 0.799. The minimum absolute atomic E-state index is 0.0227. The summed E-state index contributed by atoms with van der Waals surface area (Å²) in [6, 6.07) is 7.84. The molecule has 2 aromatic carbocycles. The Labute approximate surface area is 192 Å². The van der Waals surface area contributed by atoms with Crippen molar-refractivity contribution in [2.75, 3.05) is 39.4 Å². The topological polar surface area (TPSA) is 76.2 Å². The third-order valence-electron chi connectivity index (χ3n) is 4.98. The van der Waals surface area contributed by atoms with Crippen LogP contribution in [0.1, 0.15) is 30.6 Å². The zero-order valence-corrected chi connectivity index (χ0v) is 19.6. The van der Waals surface area contributed by atoms with Crippen LogP contribution in [0.15, 0.2) is 41.3 Å². The summed E-state index contributed by atoms with van der Waals surface area (Å²) in [7, 11) is -3.76. The second-order valence-corrected chi connectivity index (χ2v) is 9.56. The number of rotatable bonds is 8. The molecule has 7 nitrogen and oxygen atoms in total. The quantitative estimate of drug-likeness (QED) is 0.569. The van der Waals surface area contributed by atoms with E-state index in [2.05, 4.69) is 0 Å². The van der Waals surface area contributed by atoms with Crippen LogP contribution >= 0.6 is 11.6 Å². The maximum absolute atomic E-state index is 13.1. The molecule has 1 saturated heterocycles. The van der Waals surface area contributed by atoms with Crippen molar-refractivity contribution in [3.05, 3.63) is 52.8 Å². The van der Waals surface area contributed by atoms with E-state index in [4.69, 9.17) is 21.1 Å². The van der Waals surface area contributed by atoms with E-state index in [1.54, 1.807) is 17.0 Å². The smallest absolute Gasteiger partial charge is 0.254 e. The molecule has 0 bridgehead atoms. The van der Waals surface area contributed by atoms with Crippen LogP contribution in [0.3, 0.4) is 0 Å². The van der Waals surface area contributed by atoms with Crippen molar-refractivity contribution >= 4 is 27.5 Å². The normalized spacial score (nSPS) is 14.9. The Morgan fingerprint density at radius 2 is 1.72 bits per heavy atom. The van der Waals surface area contributed by atoms with E-state index >= 15 is 0 Å². The number of hydrogen-bond acceptors (Lipinski definition) is 5. The summed E-state index contributed by atoms with van der Waals surface area (Å²) >= 11 is 6.36. The van der Waals surface area contributed by atoms with Gasteiger partial charge in [0.05, 0.1) is 23.1 Å². The highest BCUT2D eigenvalue weighted by atomic mass is 35.5. The molecule has 0 radical (unpaired) electrons. The van der Waals surface area contributed by atoms with Gasteiger partial charge in [0, 0.05) is 31.7 Å². The van der Waals surface area contributed by atoms with E-state index in [0.29, 0.717) is 30.3 Å². The van der Waals surface area contributed by atoms with Crippen molar-refractivity contribution < 1.29 is 27.1 Å². The predicted octanol–water partition coefficient (Wildman–Crippen LogP) is 3.81. The van der Waals surface area contributed by atoms with E-state index < -0.39 is 15.8 Å². The number of nitrogens with zero attached hydrogens (tertiary/aromatic N) is 2. The maximum atomic E-state index is 13.1. The van der Waals surface area contributed by atoms with Crippen LogP contribution in [0.4, 0.5) is 4.39 Å². The largest absolute Gasteiger partial charge is 0.490 e. The fourth-order valence-corrected chi connectivity index (χ4v) is 5.06. The molecule has 1 fully saturated rings. The lowest BCUT2D eigenvalue weighted by Crippen LogP contribution is -2.50. The van der Waals surface area contributed by atoms with Gasteiger partial charge in [-0.2, -0.15) is 4.31 Å². The summed E-state index contributed by atoms with van der Waals surface area (Å²) in [5.41, 5.74) is 0.345. The first kappa shape index (κ1) is 24.3. The zero-order valence-electron chi connectivity index (χ0n) is 18.0. The molecule has 1 aliphatic rings. The summed E-state index contributed by atoms with van der Waals surface area (Å²) in [5, 5.41) is 0.283. The standard InChI is InChI=1S/C22H26ClFN2O5S/c1-3-13-31-21-19(23)14-16(15-20(21)30-4-2)22(27)25-9-11-26(12-10-25)32(28,29)18-7-5-17(24)6-8-18/h5-8,14-15H,3-4,9-13H2,1-2H3. The van der Waals surface area contributed by atoms with Crippen LogP contribution in [0.2, 0.25) is 5.02 Å². The van der Waals surface area contributed by atoms with Gasteiger partial charge in [0.15, 0.2) is 11.5 Å². The van der Waals surface area contributed by atoms with Gasteiger partial charge in [-0.3, -0.25) is 4.79 Å². The molecular formula is C22H26ClFN2O5S. The van der Waals surface area contributed by atoms with Gasteiger partial charge in [-0.15, -0.1) is 0 Å². The Balaban J connectivity index is 1.73. The average molecular weight is 485 g/mol. The number of sulfonamides is 1. The molecule has 0 aliphatic carbocycles. The Hall–Kier alpha value is -2.36. The first-order valence-corrected chi connectivity index (χ1v) is 12.2. The fraction of sp³-hybridized carbons (Fsp3) is 0.409. The van der Waals surface area contributed by atoms with Crippen LogP contribution in [0.5, 0.6) is 11.5 Å². The summed E-state index contributed by atoms with van der Waals surface area (Å²) in [4.78, 5) is 14.7. The molecule has 1 heterocycles. The third-order valence-corrected chi connectivity index (χ3v) is 7.18. The fourth-order valence-electron chi connectivity index (χ4n) is 3.37. The van der Waals surface area contributed by atoms with Crippen molar-refractivity contribution in [2.24, 2.45) is 0 Å². The maximum Gasteiger partial charge on any atom is 0.254 e. The molecule has 10 heteroatoms. The van der Waals surface area contributed by atoms with Gasteiger partial charge in [0.25, 0.3) is 5.91 Å². The number of ether oxygens (including phenoxy) is 2. The van der Waals surface area contributed by atoms with E-state index in [9.17, 15) is 17.6 Å². The van der Waals surface area contributed by atoms with Crippen molar-refractivity contribution in [3.8, 4) is 11.5 Å². The Morgan fingerprint density at radius 3 is 2.31 bits per heavy atom. The van der Waals surface area contributed by atoms with Gasteiger partial charge in [0.2, 0.25) is 10.0 Å². The van der Waals surface area contributed by atoms with Gasteiger partial charge in [-0.1, -0.05) is 18.5 Å². The number of benzene rings is 2. The van der Waals surface area contributed by atoms with Crippen LogP contribution in [-0.2, 0) is 10.0 Å². The highest BCUT2D eigenvalue weighted by molar-refractivity contribution is 7.89. The lowest BCUT2D eigenvalue weighted by atomic mass is 10.1. The summed E-state index contributed by atoms with van der Waals surface area (Å²) < 4.78 is 51.3. The second-order valence-electron chi connectivity index (χ2n) is 7.22. The van der Waals surface area contributed by atoms with Crippen molar-refractivity contribution in [2.45, 2.75) is 25.2 Å². The first-order chi connectivity index (χ1) is 15.3. The van der Waals surface area contributed by atoms with Crippen molar-refractivity contribution in [1.82, 2.24) is 9.21 Å². The molecular weight excluding hydrogens is 459 g/mol. The lowest BCUT2D eigenvalue weighted by Gasteiger charge is -2.34. The zero-order chi connectivity index (χ0) is 23.3. The molecule has 0 aromatic heterocycles. The van der Waals surface area contributed by atoms with Crippen LogP contribution in [0, 0.1) is 5.82 Å². The summed E-state index contributed by atoms with van der Waals surface area (Å²) in [6.45, 7) is 5.36. The highest BCUT2D eigenvalue weighted by Gasteiger charge is 2.31. The molecule has 2 aromatic rings. The molecule has 1 aliphatic heterocycles. The minimum atomic E-state index is -3.76. The van der Waals surface area contributed by atoms with Crippen LogP contribution in [-0.4, -0.2) is 62.9 Å². The van der Waals surface area contributed by atoms with Crippen LogP contribution in [0.25, 0.3) is 0 Å². The average Bonchev–Trinajstić information content (AvgIpc) is 2.78. The highest BCUT2D eigenvalue weighted by Crippen LogP contribution is 2.37. The third kappa shape index (κ3) is 5.33. The molecule has 0 spiro atoms. The van der Waals surface area contributed by atoms with Gasteiger partial charge >= 0.3 is 0 Å². The van der Waals surface area contributed by atoms with Crippen LogP contribution < -0.4 is 9.47 Å². The predicted molar refractivity (Wildman–Crippen MR) is 119 cm³/mol. The molecule has 174 valence electrons. The molecule has 0 N–H and O–H groups in total. The molecule has 3 rings (SSSR count). The van der Waals surface area contributed by atoms with E-state index in [-0.39, 0.29) is 42.0 Å². The second kappa shape index (κ2) is 10.5. The lowest BCUT2D eigenvalue weighted by molar-refractivity contribution is 0.0697. The minimum Gasteiger partial charge on any atom is -0.490 e. The van der Waals surface area contributed by atoms with E-state index in [0.717, 1.165) is 18.6 Å². The number of hydrogen-bond donors (Lipinski definition) is 0. The van der Waals surface area contributed by atoms with Gasteiger partial charge < -0.3 is 14.4 Å². The number of piperazine rings is 1. The van der Waals surface area contributed by atoms with Crippen molar-refractivity contribution in [3.63, 3.8) is 0 Å². The Kier molecular flexibility index (Phi) is 7.97. The first-order valence-electron chi connectivity index (χ1n) is 10.4. The van der Waals surface area contributed by atoms with Gasteiger partial charge in [-0.25, -0.2) is 12.8 Å².